The van der Waals surface area contributed by atoms with Crippen molar-refractivity contribution >= 4 is 28.8 Å². The average molecular weight is 429 g/mol. The van der Waals surface area contributed by atoms with E-state index in [1.807, 2.05) is 67.6 Å². The van der Waals surface area contributed by atoms with Gasteiger partial charge in [-0.15, -0.1) is 0 Å². The van der Waals surface area contributed by atoms with Crippen LogP contribution in [-0.2, 0) is 10.1 Å². The lowest BCUT2D eigenvalue weighted by molar-refractivity contribution is 0.483. The summed E-state index contributed by atoms with van der Waals surface area (Å²) in [5, 5.41) is 2.00. The smallest absolute Gasteiger partial charge is 0.294 e. The molecule has 154 valence electrons. The molecule has 3 aromatic rings. The summed E-state index contributed by atoms with van der Waals surface area (Å²) in [6.07, 6.45) is 0. The SMILES string of the molecule is CC(C)(C)[Si](O)(c1ccccc1)c1ccccc1.Cc1ccc(S(=O)(=O)O)cc1. The van der Waals surface area contributed by atoms with Crippen LogP contribution in [0.3, 0.4) is 0 Å². The van der Waals surface area contributed by atoms with Gasteiger partial charge in [-0.05, 0) is 34.5 Å². The molecule has 0 bridgehead atoms. The van der Waals surface area contributed by atoms with Crippen molar-refractivity contribution in [2.75, 3.05) is 0 Å². The van der Waals surface area contributed by atoms with Crippen LogP contribution in [0.15, 0.2) is 89.8 Å². The van der Waals surface area contributed by atoms with E-state index in [1.165, 1.54) is 12.1 Å². The van der Waals surface area contributed by atoms with E-state index in [9.17, 15) is 13.2 Å². The maximum atomic E-state index is 11.4. The summed E-state index contributed by atoms with van der Waals surface area (Å²) in [4.78, 5) is 11.4. The maximum Gasteiger partial charge on any atom is 0.294 e. The van der Waals surface area contributed by atoms with Gasteiger partial charge in [0.2, 0.25) is 0 Å². The molecule has 0 aliphatic heterocycles. The van der Waals surface area contributed by atoms with Gasteiger partial charge < -0.3 is 4.80 Å². The van der Waals surface area contributed by atoms with Gasteiger partial charge in [-0.1, -0.05) is 99.1 Å². The van der Waals surface area contributed by atoms with Crippen LogP contribution in [-0.4, -0.2) is 26.1 Å². The van der Waals surface area contributed by atoms with E-state index in [4.69, 9.17) is 4.55 Å². The van der Waals surface area contributed by atoms with Gasteiger partial charge in [-0.3, -0.25) is 4.55 Å². The Balaban J connectivity index is 0.000000234. The molecule has 0 spiro atoms. The minimum atomic E-state index is -4.02. The first-order valence-electron chi connectivity index (χ1n) is 9.34. The van der Waals surface area contributed by atoms with Gasteiger partial charge in [0.25, 0.3) is 18.4 Å². The molecule has 2 N–H and O–H groups in total. The molecule has 0 aliphatic carbocycles. The number of rotatable bonds is 3. The van der Waals surface area contributed by atoms with Gasteiger partial charge in [-0.25, -0.2) is 0 Å². The van der Waals surface area contributed by atoms with E-state index >= 15 is 0 Å². The molecule has 6 heteroatoms. The van der Waals surface area contributed by atoms with E-state index in [2.05, 4.69) is 20.8 Å². The third kappa shape index (κ3) is 5.64. The van der Waals surface area contributed by atoms with Crippen LogP contribution in [0.1, 0.15) is 26.3 Å². The average Bonchev–Trinajstić information content (AvgIpc) is 2.68. The van der Waals surface area contributed by atoms with Crippen LogP contribution in [0.25, 0.3) is 0 Å². The van der Waals surface area contributed by atoms with E-state index < -0.39 is 18.4 Å². The Morgan fingerprint density at radius 3 is 1.41 bits per heavy atom. The molecular weight excluding hydrogens is 400 g/mol. The minimum absolute atomic E-state index is 0.0666. The summed E-state index contributed by atoms with van der Waals surface area (Å²) in [6, 6.07) is 26.2. The van der Waals surface area contributed by atoms with Crippen LogP contribution in [0.5, 0.6) is 0 Å². The first-order valence-corrected chi connectivity index (χ1v) is 12.7. The Hall–Kier alpha value is -2.25. The van der Waals surface area contributed by atoms with Crippen molar-refractivity contribution in [3.63, 3.8) is 0 Å². The Bertz CT molecular complexity index is 970. The van der Waals surface area contributed by atoms with Crippen LogP contribution in [0.2, 0.25) is 5.04 Å². The van der Waals surface area contributed by atoms with Crippen molar-refractivity contribution in [1.29, 1.82) is 0 Å². The zero-order valence-electron chi connectivity index (χ0n) is 17.2. The second-order valence-electron chi connectivity index (χ2n) is 7.98. The van der Waals surface area contributed by atoms with Crippen LogP contribution >= 0.6 is 0 Å². The Kier molecular flexibility index (Phi) is 7.18. The fraction of sp³-hybridized carbons (Fsp3) is 0.217. The molecule has 0 atom stereocenters. The van der Waals surface area contributed by atoms with Crippen LogP contribution < -0.4 is 10.4 Å². The molecule has 0 saturated carbocycles. The molecule has 0 unspecified atom stereocenters. The summed E-state index contributed by atoms with van der Waals surface area (Å²) in [5.41, 5.74) is 0.956. The molecule has 0 fully saturated rings. The molecule has 3 aromatic carbocycles. The second-order valence-corrected chi connectivity index (χ2v) is 13.5. The van der Waals surface area contributed by atoms with Crippen LogP contribution in [0, 0.1) is 6.92 Å². The van der Waals surface area contributed by atoms with Crippen molar-refractivity contribution in [1.82, 2.24) is 0 Å². The highest BCUT2D eigenvalue weighted by atomic mass is 32.2. The molecule has 0 radical (unpaired) electrons. The summed E-state index contributed by atoms with van der Waals surface area (Å²) in [6.45, 7) is 8.21. The van der Waals surface area contributed by atoms with Crippen molar-refractivity contribution in [2.45, 2.75) is 37.6 Å². The number of benzene rings is 3. The van der Waals surface area contributed by atoms with Crippen molar-refractivity contribution in [3.8, 4) is 0 Å². The summed E-state index contributed by atoms with van der Waals surface area (Å²) in [5.74, 6) is 0. The molecule has 0 aromatic heterocycles. The lowest BCUT2D eigenvalue weighted by atomic mass is 10.2. The van der Waals surface area contributed by atoms with Gasteiger partial charge >= 0.3 is 0 Å². The molecular formula is C23H28O4SSi. The zero-order valence-corrected chi connectivity index (χ0v) is 19.0. The summed E-state index contributed by atoms with van der Waals surface area (Å²) >= 11 is 0. The van der Waals surface area contributed by atoms with Gasteiger partial charge in [0.1, 0.15) is 0 Å². The molecule has 0 amide bonds. The quantitative estimate of drug-likeness (QED) is 0.492. The fourth-order valence-electron chi connectivity index (χ4n) is 3.10. The largest absolute Gasteiger partial charge is 0.424 e. The van der Waals surface area contributed by atoms with Gasteiger partial charge in [0, 0.05) is 0 Å². The Morgan fingerprint density at radius 1 is 0.724 bits per heavy atom. The Morgan fingerprint density at radius 2 is 1.10 bits per heavy atom. The summed E-state index contributed by atoms with van der Waals surface area (Å²) in [7, 11) is -6.72. The van der Waals surface area contributed by atoms with Crippen molar-refractivity contribution < 1.29 is 17.8 Å². The number of hydrogen-bond donors (Lipinski definition) is 2. The van der Waals surface area contributed by atoms with E-state index in [1.54, 1.807) is 12.1 Å². The molecule has 0 saturated heterocycles. The fourth-order valence-corrected chi connectivity index (χ4v) is 7.00. The highest BCUT2D eigenvalue weighted by molar-refractivity contribution is 7.85. The number of hydrogen-bond acceptors (Lipinski definition) is 3. The molecule has 3 rings (SSSR count). The predicted octanol–water partition coefficient (Wildman–Crippen LogP) is 3.78. The second kappa shape index (κ2) is 9.05. The van der Waals surface area contributed by atoms with Gasteiger partial charge in [0.15, 0.2) is 0 Å². The molecule has 29 heavy (non-hydrogen) atoms. The third-order valence-electron chi connectivity index (χ3n) is 4.79. The standard InChI is InChI=1S/C16H20OSi.C7H8O3S/c1-16(2,3)18(17,14-10-6-4-7-11-14)15-12-8-5-9-13-15;1-6-2-4-7(5-3-6)11(8,9)10/h4-13,17H,1-3H3;2-5H,1H3,(H,8,9,10). The van der Waals surface area contributed by atoms with Crippen molar-refractivity contribution in [2.24, 2.45) is 0 Å². The zero-order chi connectivity index (χ0) is 21.7. The van der Waals surface area contributed by atoms with E-state index in [-0.39, 0.29) is 9.93 Å². The van der Waals surface area contributed by atoms with Gasteiger partial charge in [0.05, 0.1) is 4.90 Å². The molecule has 0 aliphatic rings. The number of aryl methyl sites for hydroxylation is 1. The molecule has 0 heterocycles. The Labute approximate surface area is 174 Å². The predicted molar refractivity (Wildman–Crippen MR) is 121 cm³/mol. The monoisotopic (exact) mass is 428 g/mol. The van der Waals surface area contributed by atoms with Crippen molar-refractivity contribution in [3.05, 3.63) is 90.5 Å². The van der Waals surface area contributed by atoms with E-state index in [0.29, 0.717) is 0 Å². The first kappa shape index (κ1) is 23.0. The maximum absolute atomic E-state index is 11.4. The highest BCUT2D eigenvalue weighted by Crippen LogP contribution is 2.33. The first-order chi connectivity index (χ1) is 13.5. The van der Waals surface area contributed by atoms with Crippen LogP contribution in [0.4, 0.5) is 0 Å². The lowest BCUT2D eigenvalue weighted by Gasteiger charge is -2.38. The highest BCUT2D eigenvalue weighted by Gasteiger charge is 2.46. The third-order valence-corrected chi connectivity index (χ3v) is 10.2. The van der Waals surface area contributed by atoms with E-state index in [0.717, 1.165) is 15.9 Å². The lowest BCUT2D eigenvalue weighted by Crippen LogP contribution is -2.64. The topological polar surface area (TPSA) is 74.6 Å². The summed E-state index contributed by atoms with van der Waals surface area (Å²) < 4.78 is 29.6. The normalized spacial score (nSPS) is 12.1. The minimum Gasteiger partial charge on any atom is -0.424 e. The molecule has 4 nitrogen and oxygen atoms in total. The van der Waals surface area contributed by atoms with Gasteiger partial charge in [-0.2, -0.15) is 8.42 Å².